The summed E-state index contributed by atoms with van der Waals surface area (Å²) in [4.78, 5) is 0. The molecule has 0 saturated heterocycles. The molecule has 0 unspecified atom stereocenters. The van der Waals surface area contributed by atoms with Crippen molar-refractivity contribution in [2.24, 2.45) is 0 Å². The third-order valence-electron chi connectivity index (χ3n) is 4.14. The summed E-state index contributed by atoms with van der Waals surface area (Å²) in [5, 5.41) is 7.78. The predicted molar refractivity (Wildman–Crippen MR) is 83.4 cm³/mol. The highest BCUT2D eigenvalue weighted by molar-refractivity contribution is 5.78. The van der Waals surface area contributed by atoms with Gasteiger partial charge in [-0.3, -0.25) is 5.10 Å². The molecule has 1 heterocycles. The van der Waals surface area contributed by atoms with Crippen LogP contribution in [0.5, 0.6) is 5.75 Å². The van der Waals surface area contributed by atoms with E-state index in [1.54, 1.807) is 7.11 Å². The first-order valence-electron chi connectivity index (χ1n) is 7.17. The number of hydrogen-bond acceptors (Lipinski definition) is 2. The summed E-state index contributed by atoms with van der Waals surface area (Å²) < 4.78 is 5.32. The van der Waals surface area contributed by atoms with E-state index in [-0.39, 0.29) is 0 Å². The third-order valence-corrected chi connectivity index (χ3v) is 4.14. The fourth-order valence-corrected chi connectivity index (χ4v) is 3.07. The van der Waals surface area contributed by atoms with Crippen molar-refractivity contribution in [3.05, 3.63) is 59.7 Å². The number of hydrogen-bond donors (Lipinski definition) is 1. The summed E-state index contributed by atoms with van der Waals surface area (Å²) in [7, 11) is 1.71. The van der Waals surface area contributed by atoms with Crippen LogP contribution >= 0.6 is 0 Å². The van der Waals surface area contributed by atoms with Crippen LogP contribution in [0.25, 0.3) is 22.5 Å². The van der Waals surface area contributed by atoms with Crippen molar-refractivity contribution in [1.82, 2.24) is 10.2 Å². The van der Waals surface area contributed by atoms with E-state index in [0.29, 0.717) is 0 Å². The predicted octanol–water partition coefficient (Wildman–Crippen LogP) is 3.85. The maximum atomic E-state index is 5.32. The minimum atomic E-state index is 0.917. The van der Waals surface area contributed by atoms with Gasteiger partial charge in [0.25, 0.3) is 0 Å². The maximum absolute atomic E-state index is 5.32. The quantitative estimate of drug-likeness (QED) is 0.772. The van der Waals surface area contributed by atoms with E-state index in [0.717, 1.165) is 30.0 Å². The van der Waals surface area contributed by atoms with Crippen LogP contribution in [0.3, 0.4) is 0 Å². The van der Waals surface area contributed by atoms with E-state index < -0.39 is 0 Å². The van der Waals surface area contributed by atoms with Crippen LogP contribution < -0.4 is 4.74 Å². The molecule has 1 aliphatic carbocycles. The second-order valence-electron chi connectivity index (χ2n) is 5.31. The van der Waals surface area contributed by atoms with Gasteiger partial charge in [-0.05, 0) is 36.6 Å². The summed E-state index contributed by atoms with van der Waals surface area (Å²) in [6.07, 6.45) is 2.04. The molecular formula is C18H16N2O. The highest BCUT2D eigenvalue weighted by atomic mass is 16.5. The van der Waals surface area contributed by atoms with Crippen LogP contribution in [-0.2, 0) is 12.8 Å². The smallest absolute Gasteiger partial charge is 0.119 e. The Bertz CT molecular complexity index is 790. The molecule has 3 heteroatoms. The number of aromatic amines is 1. The lowest BCUT2D eigenvalue weighted by molar-refractivity contribution is 0.414. The molecule has 3 aromatic rings. The van der Waals surface area contributed by atoms with Crippen molar-refractivity contribution >= 4 is 0 Å². The lowest BCUT2D eigenvalue weighted by atomic mass is 9.88. The van der Waals surface area contributed by atoms with Crippen molar-refractivity contribution in [2.75, 3.05) is 7.11 Å². The number of H-pyrrole nitrogens is 1. The van der Waals surface area contributed by atoms with Gasteiger partial charge in [-0.2, -0.15) is 5.10 Å². The molecule has 0 amide bonds. The van der Waals surface area contributed by atoms with E-state index in [4.69, 9.17) is 4.74 Å². The second-order valence-corrected chi connectivity index (χ2v) is 5.31. The average molecular weight is 276 g/mol. The zero-order valence-electron chi connectivity index (χ0n) is 11.9. The summed E-state index contributed by atoms with van der Waals surface area (Å²) >= 11 is 0. The molecule has 3 nitrogen and oxygen atoms in total. The van der Waals surface area contributed by atoms with Crippen molar-refractivity contribution in [1.29, 1.82) is 0 Å². The molecule has 0 fully saturated rings. The first kappa shape index (κ1) is 12.2. The minimum absolute atomic E-state index is 0.917. The third kappa shape index (κ3) is 1.93. The Morgan fingerprint density at radius 1 is 1.05 bits per heavy atom. The zero-order chi connectivity index (χ0) is 14.2. The van der Waals surface area contributed by atoms with E-state index in [9.17, 15) is 0 Å². The van der Waals surface area contributed by atoms with Crippen LogP contribution in [-0.4, -0.2) is 17.3 Å². The van der Waals surface area contributed by atoms with Gasteiger partial charge < -0.3 is 4.74 Å². The van der Waals surface area contributed by atoms with Crippen molar-refractivity contribution in [3.63, 3.8) is 0 Å². The molecule has 104 valence electrons. The van der Waals surface area contributed by atoms with Gasteiger partial charge >= 0.3 is 0 Å². The van der Waals surface area contributed by atoms with E-state index in [2.05, 4.69) is 46.6 Å². The largest absolute Gasteiger partial charge is 0.497 e. The Morgan fingerprint density at radius 2 is 1.90 bits per heavy atom. The fraction of sp³-hybridized carbons (Fsp3) is 0.167. The summed E-state index contributed by atoms with van der Waals surface area (Å²) in [5.41, 5.74) is 7.28. The Kier molecular flexibility index (Phi) is 2.78. The maximum Gasteiger partial charge on any atom is 0.119 e. The number of ether oxygens (including phenoxy) is 1. The van der Waals surface area contributed by atoms with E-state index in [1.807, 2.05) is 12.1 Å². The summed E-state index contributed by atoms with van der Waals surface area (Å²) in [5.74, 6) is 0.917. The average Bonchev–Trinajstić information content (AvgIpc) is 2.99. The highest BCUT2D eigenvalue weighted by Gasteiger charge is 2.22. The van der Waals surface area contributed by atoms with Crippen LogP contribution in [0.2, 0.25) is 0 Å². The number of fused-ring (bicyclic) bond motifs is 3. The van der Waals surface area contributed by atoms with Gasteiger partial charge in [0.2, 0.25) is 0 Å². The zero-order valence-corrected chi connectivity index (χ0v) is 11.9. The molecule has 4 rings (SSSR count). The number of aryl methyl sites for hydroxylation is 1. The fourth-order valence-electron chi connectivity index (χ4n) is 3.07. The van der Waals surface area contributed by atoms with Gasteiger partial charge in [-0.1, -0.05) is 30.3 Å². The second kappa shape index (κ2) is 4.77. The molecule has 0 saturated carbocycles. The molecule has 1 N–H and O–H groups in total. The number of methoxy groups -OCH3 is 1. The van der Waals surface area contributed by atoms with Gasteiger partial charge in [0.15, 0.2) is 0 Å². The van der Waals surface area contributed by atoms with Gasteiger partial charge in [0.1, 0.15) is 5.75 Å². The number of nitrogens with one attached hydrogen (secondary N) is 1. The SMILES string of the molecule is COc1ccc2c(c1)CCc1c(-c3ccccc3)n[nH]c1-2. The monoisotopic (exact) mass is 276 g/mol. The Hall–Kier alpha value is -2.55. The number of benzene rings is 2. The van der Waals surface area contributed by atoms with Crippen LogP contribution in [0.1, 0.15) is 11.1 Å². The van der Waals surface area contributed by atoms with Gasteiger partial charge in [0.05, 0.1) is 18.5 Å². The lowest BCUT2D eigenvalue weighted by Gasteiger charge is -2.17. The topological polar surface area (TPSA) is 37.9 Å². The van der Waals surface area contributed by atoms with Gasteiger partial charge in [-0.25, -0.2) is 0 Å². The number of aromatic nitrogens is 2. The van der Waals surface area contributed by atoms with Crippen LogP contribution in [0.15, 0.2) is 48.5 Å². The Labute approximate surface area is 123 Å². The lowest BCUT2D eigenvalue weighted by Crippen LogP contribution is -2.03. The summed E-state index contributed by atoms with van der Waals surface area (Å²) in [6.45, 7) is 0. The first-order valence-corrected chi connectivity index (χ1v) is 7.17. The standard InChI is InChI=1S/C18H16N2O/c1-21-14-8-10-15-13(11-14)7-9-16-17(19-20-18(15)16)12-5-3-2-4-6-12/h2-6,8,10-11H,7,9H2,1H3,(H,19,20). The molecule has 0 aliphatic heterocycles. The molecule has 0 spiro atoms. The van der Waals surface area contributed by atoms with Crippen LogP contribution in [0.4, 0.5) is 0 Å². The molecule has 0 bridgehead atoms. The molecule has 2 aromatic carbocycles. The van der Waals surface area contributed by atoms with Crippen LogP contribution in [0, 0.1) is 0 Å². The molecular weight excluding hydrogens is 260 g/mol. The highest BCUT2D eigenvalue weighted by Crippen LogP contribution is 2.38. The van der Waals surface area contributed by atoms with Crippen molar-refractivity contribution in [2.45, 2.75) is 12.8 Å². The Balaban J connectivity index is 1.85. The molecule has 1 aliphatic rings. The van der Waals surface area contributed by atoms with Gasteiger partial charge in [-0.15, -0.1) is 0 Å². The van der Waals surface area contributed by atoms with Gasteiger partial charge in [0, 0.05) is 16.7 Å². The normalized spacial score (nSPS) is 12.6. The van der Waals surface area contributed by atoms with Crippen molar-refractivity contribution < 1.29 is 4.74 Å². The number of rotatable bonds is 2. The molecule has 0 atom stereocenters. The molecule has 21 heavy (non-hydrogen) atoms. The number of nitrogens with zero attached hydrogens (tertiary/aromatic N) is 1. The Morgan fingerprint density at radius 3 is 2.71 bits per heavy atom. The van der Waals surface area contributed by atoms with Crippen molar-refractivity contribution in [3.8, 4) is 28.3 Å². The molecule has 1 aromatic heterocycles. The summed E-state index contributed by atoms with van der Waals surface area (Å²) in [6, 6.07) is 16.6. The minimum Gasteiger partial charge on any atom is -0.497 e. The van der Waals surface area contributed by atoms with E-state index >= 15 is 0 Å². The first-order chi connectivity index (χ1) is 10.4. The molecule has 0 radical (unpaired) electrons. The van der Waals surface area contributed by atoms with E-state index in [1.165, 1.54) is 22.3 Å².